The lowest BCUT2D eigenvalue weighted by Crippen LogP contribution is -2.41. The number of hydrogen-bond acceptors (Lipinski definition) is 8. The highest BCUT2D eigenvalue weighted by molar-refractivity contribution is 5.96. The van der Waals surface area contributed by atoms with Gasteiger partial charge in [-0.1, -0.05) is 24.3 Å². The summed E-state index contributed by atoms with van der Waals surface area (Å²) in [5.41, 5.74) is 8.34. The zero-order valence-electron chi connectivity index (χ0n) is 22.2. The molecule has 1 heterocycles. The number of likely N-dealkylation sites (N-methyl/N-ethyl adjacent to an activating group) is 1. The Bertz CT molecular complexity index is 989. The van der Waals surface area contributed by atoms with Crippen LogP contribution in [0.4, 0.5) is 17.3 Å². The van der Waals surface area contributed by atoms with Crippen LogP contribution in [-0.2, 0) is 6.42 Å². The normalized spacial score (nSPS) is 13.3. The minimum absolute atomic E-state index is 0.132. The summed E-state index contributed by atoms with van der Waals surface area (Å²) in [6.07, 6.45) is 5.28. The van der Waals surface area contributed by atoms with Gasteiger partial charge in [-0.05, 0) is 65.5 Å². The van der Waals surface area contributed by atoms with Crippen LogP contribution in [0.2, 0.25) is 0 Å². The van der Waals surface area contributed by atoms with E-state index in [1.54, 1.807) is 0 Å². The van der Waals surface area contributed by atoms with Crippen LogP contribution in [0.5, 0.6) is 0 Å². The molecule has 35 heavy (non-hydrogen) atoms. The molecule has 1 aromatic carbocycles. The Morgan fingerprint density at radius 2 is 1.91 bits per heavy atom. The van der Waals surface area contributed by atoms with Crippen LogP contribution in [0.15, 0.2) is 36.4 Å². The van der Waals surface area contributed by atoms with Gasteiger partial charge in [-0.15, -0.1) is 0 Å². The minimum atomic E-state index is -0.612. The van der Waals surface area contributed by atoms with Crippen LogP contribution >= 0.6 is 0 Å². The van der Waals surface area contributed by atoms with E-state index >= 15 is 0 Å². The average Bonchev–Trinajstić information content (AvgIpc) is 2.77. The van der Waals surface area contributed by atoms with E-state index in [1.165, 1.54) is 5.56 Å². The van der Waals surface area contributed by atoms with E-state index in [0.29, 0.717) is 29.4 Å². The maximum Gasteiger partial charge on any atom is 0.271 e. The Kier molecular flexibility index (Phi) is 11.1. The molecular formula is C26H42N8O. The number of amides is 1. The van der Waals surface area contributed by atoms with Gasteiger partial charge in [0.2, 0.25) is 0 Å². The number of carbonyl (C=O) groups excluding carboxylic acids is 1. The third-order valence-electron chi connectivity index (χ3n) is 5.38. The number of carbonyl (C=O) groups is 1. The second-order valence-corrected chi connectivity index (χ2v) is 9.41. The van der Waals surface area contributed by atoms with E-state index in [9.17, 15) is 4.79 Å². The van der Waals surface area contributed by atoms with E-state index in [-0.39, 0.29) is 5.69 Å². The molecule has 0 aliphatic carbocycles. The van der Waals surface area contributed by atoms with Crippen molar-refractivity contribution in [2.24, 2.45) is 5.73 Å². The Balaban J connectivity index is 1.91. The molecule has 9 nitrogen and oxygen atoms in total. The first kappa shape index (κ1) is 28.2. The second kappa shape index (κ2) is 13.8. The van der Waals surface area contributed by atoms with Crippen LogP contribution in [0, 0.1) is 6.92 Å². The standard InChI is InChI=1S/C26H42N8O/c1-18(10-9-15-33(4)5)29-19(2)17-28-14-13-21-11-8-12-22(16-21)31-25-23(24(27)35)30-20(3)26(32-25)34(6)7/h8-12,16,18-19,28-29H,13-15,17H2,1-7H3,(H2,27,35)(H,31,32). The number of primary amides is 1. The number of aromatic nitrogens is 2. The summed E-state index contributed by atoms with van der Waals surface area (Å²) in [5.74, 6) is 0.429. The first-order chi connectivity index (χ1) is 16.6. The van der Waals surface area contributed by atoms with Crippen LogP contribution in [0.1, 0.15) is 35.6 Å². The quantitative estimate of drug-likeness (QED) is 0.240. The fourth-order valence-electron chi connectivity index (χ4n) is 3.72. The molecule has 1 aromatic heterocycles. The van der Waals surface area contributed by atoms with Crippen molar-refractivity contribution in [2.45, 2.75) is 39.3 Å². The molecule has 192 valence electrons. The van der Waals surface area contributed by atoms with Gasteiger partial charge in [0.05, 0.1) is 5.69 Å². The molecule has 2 atom stereocenters. The number of aryl methyl sites for hydroxylation is 1. The third-order valence-corrected chi connectivity index (χ3v) is 5.38. The van der Waals surface area contributed by atoms with E-state index in [0.717, 1.165) is 31.7 Å². The van der Waals surface area contributed by atoms with Crippen molar-refractivity contribution in [3.63, 3.8) is 0 Å². The molecule has 0 bridgehead atoms. The van der Waals surface area contributed by atoms with Crippen molar-refractivity contribution in [1.82, 2.24) is 25.5 Å². The lowest BCUT2D eigenvalue weighted by atomic mass is 10.1. The summed E-state index contributed by atoms with van der Waals surface area (Å²) in [6, 6.07) is 8.77. The zero-order valence-corrected chi connectivity index (χ0v) is 22.2. The predicted molar refractivity (Wildman–Crippen MR) is 146 cm³/mol. The Morgan fingerprint density at radius 1 is 1.17 bits per heavy atom. The number of nitrogens with one attached hydrogen (secondary N) is 3. The summed E-state index contributed by atoms with van der Waals surface area (Å²) < 4.78 is 0. The van der Waals surface area contributed by atoms with Crippen molar-refractivity contribution in [3.05, 3.63) is 53.4 Å². The Hall–Kier alpha value is -3.01. The molecule has 9 heteroatoms. The maximum atomic E-state index is 11.9. The lowest BCUT2D eigenvalue weighted by Gasteiger charge is -2.19. The molecule has 1 amide bonds. The highest BCUT2D eigenvalue weighted by Gasteiger charge is 2.17. The Morgan fingerprint density at radius 3 is 2.57 bits per heavy atom. The van der Waals surface area contributed by atoms with Crippen molar-refractivity contribution >= 4 is 23.2 Å². The molecule has 0 radical (unpaired) electrons. The fraction of sp³-hybridized carbons (Fsp3) is 0.500. The molecule has 2 aromatic rings. The molecule has 5 N–H and O–H groups in total. The number of anilines is 3. The molecule has 2 rings (SSSR count). The van der Waals surface area contributed by atoms with Crippen molar-refractivity contribution in [3.8, 4) is 0 Å². The average molecular weight is 483 g/mol. The van der Waals surface area contributed by atoms with E-state index < -0.39 is 5.91 Å². The second-order valence-electron chi connectivity index (χ2n) is 9.41. The molecule has 0 aliphatic rings. The summed E-state index contributed by atoms with van der Waals surface area (Å²) in [5, 5.41) is 10.3. The van der Waals surface area contributed by atoms with Crippen LogP contribution in [0.25, 0.3) is 0 Å². The van der Waals surface area contributed by atoms with E-state index in [2.05, 4.69) is 83.0 Å². The molecular weight excluding hydrogens is 440 g/mol. The summed E-state index contributed by atoms with van der Waals surface area (Å²) in [7, 11) is 7.90. The first-order valence-electron chi connectivity index (χ1n) is 12.1. The number of nitrogens with zero attached hydrogens (tertiary/aromatic N) is 4. The summed E-state index contributed by atoms with van der Waals surface area (Å²) >= 11 is 0. The zero-order chi connectivity index (χ0) is 26.0. The largest absolute Gasteiger partial charge is 0.364 e. The van der Waals surface area contributed by atoms with Gasteiger partial charge >= 0.3 is 0 Å². The number of hydrogen-bond donors (Lipinski definition) is 4. The monoisotopic (exact) mass is 482 g/mol. The van der Waals surface area contributed by atoms with Gasteiger partial charge < -0.3 is 31.5 Å². The molecule has 0 spiro atoms. The van der Waals surface area contributed by atoms with Gasteiger partial charge in [-0.3, -0.25) is 4.79 Å². The minimum Gasteiger partial charge on any atom is -0.364 e. The number of nitrogens with two attached hydrogens (primary N) is 1. The van der Waals surface area contributed by atoms with Gasteiger partial charge in [0, 0.05) is 45.0 Å². The maximum absolute atomic E-state index is 11.9. The smallest absolute Gasteiger partial charge is 0.271 e. The van der Waals surface area contributed by atoms with Gasteiger partial charge in [-0.25, -0.2) is 9.97 Å². The van der Waals surface area contributed by atoms with E-state index in [1.807, 2.05) is 38.1 Å². The van der Waals surface area contributed by atoms with Gasteiger partial charge in [-0.2, -0.15) is 0 Å². The molecule has 0 saturated heterocycles. The molecule has 2 unspecified atom stereocenters. The number of rotatable bonds is 14. The number of benzene rings is 1. The Labute approximate surface area is 210 Å². The molecule has 0 fully saturated rings. The van der Waals surface area contributed by atoms with Crippen LogP contribution in [0.3, 0.4) is 0 Å². The summed E-state index contributed by atoms with van der Waals surface area (Å²) in [4.78, 5) is 24.9. The van der Waals surface area contributed by atoms with Gasteiger partial charge in [0.25, 0.3) is 5.91 Å². The van der Waals surface area contributed by atoms with Crippen LogP contribution < -0.4 is 26.6 Å². The highest BCUT2D eigenvalue weighted by Crippen LogP contribution is 2.23. The lowest BCUT2D eigenvalue weighted by molar-refractivity contribution is 0.0996. The van der Waals surface area contributed by atoms with Crippen LogP contribution in [-0.4, -0.2) is 80.7 Å². The third kappa shape index (κ3) is 9.64. The van der Waals surface area contributed by atoms with E-state index in [4.69, 9.17) is 5.73 Å². The first-order valence-corrected chi connectivity index (χ1v) is 12.1. The molecule has 0 saturated carbocycles. The fourth-order valence-corrected chi connectivity index (χ4v) is 3.72. The van der Waals surface area contributed by atoms with Gasteiger partial charge in [0.1, 0.15) is 0 Å². The van der Waals surface area contributed by atoms with Gasteiger partial charge in [0.15, 0.2) is 17.3 Å². The van der Waals surface area contributed by atoms with Crippen molar-refractivity contribution in [1.29, 1.82) is 0 Å². The summed E-state index contributed by atoms with van der Waals surface area (Å²) in [6.45, 7) is 8.87. The topological polar surface area (TPSA) is 111 Å². The van der Waals surface area contributed by atoms with Crippen molar-refractivity contribution in [2.75, 3.05) is 58.0 Å². The SMILES string of the molecule is Cc1nc(C(N)=O)c(Nc2cccc(CCNCC(C)NC(C)C=CCN(C)C)c2)nc1N(C)C. The van der Waals surface area contributed by atoms with Crippen molar-refractivity contribution < 1.29 is 4.79 Å². The molecule has 0 aliphatic heterocycles. The highest BCUT2D eigenvalue weighted by atomic mass is 16.1. The predicted octanol–water partition coefficient (Wildman–Crippen LogP) is 2.31.